The van der Waals surface area contributed by atoms with Gasteiger partial charge in [-0.15, -0.1) is 0 Å². The summed E-state index contributed by atoms with van der Waals surface area (Å²) >= 11 is 6.04. The molecule has 3 aromatic carbocycles. The lowest BCUT2D eigenvalue weighted by Gasteiger charge is -2.27. The number of ether oxygens (including phenoxy) is 1. The van der Waals surface area contributed by atoms with Crippen LogP contribution in [0.4, 0.5) is 10.5 Å². The summed E-state index contributed by atoms with van der Waals surface area (Å²) in [5, 5.41) is 2.59. The van der Waals surface area contributed by atoms with Crippen LogP contribution in [0.5, 0.6) is 5.75 Å². The van der Waals surface area contributed by atoms with Crippen LogP contribution in [0.1, 0.15) is 16.7 Å². The number of amides is 4. The van der Waals surface area contributed by atoms with E-state index in [0.717, 1.165) is 10.5 Å². The zero-order valence-corrected chi connectivity index (χ0v) is 17.9. The van der Waals surface area contributed by atoms with Crippen LogP contribution in [0.2, 0.25) is 5.02 Å². The Bertz CT molecular complexity index is 1220. The van der Waals surface area contributed by atoms with Crippen molar-refractivity contribution >= 4 is 41.2 Å². The highest BCUT2D eigenvalue weighted by Gasteiger charge is 2.37. The molecule has 1 aliphatic rings. The molecule has 3 aromatic rings. The van der Waals surface area contributed by atoms with E-state index < -0.39 is 17.8 Å². The third-order valence-corrected chi connectivity index (χ3v) is 5.19. The quantitative estimate of drug-likeness (QED) is 0.447. The number of anilines is 1. The van der Waals surface area contributed by atoms with Gasteiger partial charge >= 0.3 is 6.03 Å². The number of nitrogens with zero attached hydrogens (tertiary/aromatic N) is 1. The molecule has 32 heavy (non-hydrogen) atoms. The molecular weight excluding hydrogens is 428 g/mol. The number of barbiturate groups is 1. The zero-order valence-electron chi connectivity index (χ0n) is 17.2. The maximum atomic E-state index is 13.0. The Labute approximate surface area is 190 Å². The molecule has 7 heteroatoms. The van der Waals surface area contributed by atoms with Crippen molar-refractivity contribution in [2.24, 2.45) is 0 Å². The van der Waals surface area contributed by atoms with Crippen molar-refractivity contribution in [2.75, 3.05) is 4.90 Å². The lowest BCUT2D eigenvalue weighted by atomic mass is 10.1. The zero-order chi connectivity index (χ0) is 22.7. The standard InChI is InChI=1S/C25H19ClN2O4/c1-16-7-10-19(26)14-22(16)28-24(30)21(23(29)27-25(28)31)13-17-8-11-20(12-9-17)32-15-18-5-3-2-4-6-18/h2-14H,15H2,1H3,(H,27,29,31)/b21-13+. The van der Waals surface area contributed by atoms with Gasteiger partial charge in [0, 0.05) is 5.02 Å². The summed E-state index contributed by atoms with van der Waals surface area (Å²) < 4.78 is 5.76. The molecule has 4 rings (SSSR count). The lowest BCUT2D eigenvalue weighted by molar-refractivity contribution is -0.122. The van der Waals surface area contributed by atoms with E-state index in [9.17, 15) is 14.4 Å². The van der Waals surface area contributed by atoms with Gasteiger partial charge in [0.25, 0.3) is 11.8 Å². The molecule has 0 radical (unpaired) electrons. The van der Waals surface area contributed by atoms with Gasteiger partial charge in [0.1, 0.15) is 17.9 Å². The first-order chi connectivity index (χ1) is 15.4. The smallest absolute Gasteiger partial charge is 0.335 e. The van der Waals surface area contributed by atoms with Crippen LogP contribution >= 0.6 is 11.6 Å². The van der Waals surface area contributed by atoms with E-state index in [1.807, 2.05) is 30.3 Å². The first kappa shape index (κ1) is 21.3. The number of hydrogen-bond acceptors (Lipinski definition) is 4. The molecule has 0 aliphatic carbocycles. The average Bonchev–Trinajstić information content (AvgIpc) is 2.79. The van der Waals surface area contributed by atoms with Crippen molar-refractivity contribution in [3.63, 3.8) is 0 Å². The topological polar surface area (TPSA) is 75.7 Å². The number of halogens is 1. The molecule has 0 aromatic heterocycles. The lowest BCUT2D eigenvalue weighted by Crippen LogP contribution is -2.54. The molecule has 1 fully saturated rings. The largest absolute Gasteiger partial charge is 0.489 e. The van der Waals surface area contributed by atoms with Crippen LogP contribution in [0.25, 0.3) is 6.08 Å². The van der Waals surface area contributed by atoms with E-state index in [-0.39, 0.29) is 5.57 Å². The fraction of sp³-hybridized carbons (Fsp3) is 0.0800. The van der Waals surface area contributed by atoms with Gasteiger partial charge in [-0.05, 0) is 54.0 Å². The Morgan fingerprint density at radius 3 is 2.41 bits per heavy atom. The average molecular weight is 447 g/mol. The SMILES string of the molecule is Cc1ccc(Cl)cc1N1C(=O)NC(=O)/C(=C\c2ccc(OCc3ccccc3)cc2)C1=O. The van der Waals surface area contributed by atoms with Gasteiger partial charge in [0.05, 0.1) is 5.69 Å². The highest BCUT2D eigenvalue weighted by Crippen LogP contribution is 2.28. The molecule has 0 spiro atoms. The van der Waals surface area contributed by atoms with Crippen LogP contribution in [0.3, 0.4) is 0 Å². The molecule has 1 heterocycles. The Morgan fingerprint density at radius 1 is 0.969 bits per heavy atom. The summed E-state index contributed by atoms with van der Waals surface area (Å²) in [7, 11) is 0. The number of imide groups is 2. The van der Waals surface area contributed by atoms with Crippen molar-refractivity contribution in [3.8, 4) is 5.75 Å². The van der Waals surface area contributed by atoms with E-state index in [4.69, 9.17) is 16.3 Å². The third-order valence-electron chi connectivity index (χ3n) is 4.95. The summed E-state index contributed by atoms with van der Waals surface area (Å²) in [4.78, 5) is 38.7. The number of carbonyl (C=O) groups excluding carboxylic acids is 3. The summed E-state index contributed by atoms with van der Waals surface area (Å²) in [6.07, 6.45) is 1.44. The molecule has 6 nitrogen and oxygen atoms in total. The normalized spacial score (nSPS) is 15.1. The number of aryl methyl sites for hydroxylation is 1. The number of benzene rings is 3. The highest BCUT2D eigenvalue weighted by molar-refractivity contribution is 6.39. The minimum atomic E-state index is -0.813. The summed E-state index contributed by atoms with van der Waals surface area (Å²) in [6.45, 7) is 2.18. The van der Waals surface area contributed by atoms with E-state index in [2.05, 4.69) is 5.32 Å². The van der Waals surface area contributed by atoms with Crippen molar-refractivity contribution in [1.82, 2.24) is 5.32 Å². The molecule has 1 N–H and O–H groups in total. The third kappa shape index (κ3) is 4.55. The first-order valence-electron chi connectivity index (χ1n) is 9.87. The van der Waals surface area contributed by atoms with E-state index in [0.29, 0.717) is 34.2 Å². The van der Waals surface area contributed by atoms with Gasteiger partial charge in [-0.3, -0.25) is 14.9 Å². The fourth-order valence-corrected chi connectivity index (χ4v) is 3.43. The Kier molecular flexibility index (Phi) is 6.05. The molecular formula is C25H19ClN2O4. The fourth-order valence-electron chi connectivity index (χ4n) is 3.27. The highest BCUT2D eigenvalue weighted by atomic mass is 35.5. The molecule has 4 amide bonds. The second kappa shape index (κ2) is 9.08. The van der Waals surface area contributed by atoms with Crippen LogP contribution < -0.4 is 15.0 Å². The Balaban J connectivity index is 1.55. The second-order valence-corrected chi connectivity index (χ2v) is 7.67. The molecule has 160 valence electrons. The van der Waals surface area contributed by atoms with E-state index in [1.54, 1.807) is 43.3 Å². The van der Waals surface area contributed by atoms with Crippen LogP contribution in [-0.2, 0) is 16.2 Å². The van der Waals surface area contributed by atoms with Crippen molar-refractivity contribution in [1.29, 1.82) is 0 Å². The van der Waals surface area contributed by atoms with Gasteiger partial charge in [0.15, 0.2) is 0 Å². The van der Waals surface area contributed by atoms with Crippen molar-refractivity contribution in [2.45, 2.75) is 13.5 Å². The number of nitrogens with one attached hydrogen (secondary N) is 1. The minimum Gasteiger partial charge on any atom is -0.489 e. The van der Waals surface area contributed by atoms with Gasteiger partial charge in [0.2, 0.25) is 0 Å². The van der Waals surface area contributed by atoms with Gasteiger partial charge < -0.3 is 4.74 Å². The van der Waals surface area contributed by atoms with Gasteiger partial charge in [-0.1, -0.05) is 60.1 Å². The molecule has 0 atom stereocenters. The monoisotopic (exact) mass is 446 g/mol. The molecule has 0 saturated carbocycles. The van der Waals surface area contributed by atoms with Crippen LogP contribution in [0, 0.1) is 6.92 Å². The predicted molar refractivity (Wildman–Crippen MR) is 122 cm³/mol. The summed E-state index contributed by atoms with van der Waals surface area (Å²) in [5.41, 5.74) is 2.51. The van der Waals surface area contributed by atoms with E-state index >= 15 is 0 Å². The number of urea groups is 1. The van der Waals surface area contributed by atoms with Crippen LogP contribution in [-0.4, -0.2) is 17.8 Å². The predicted octanol–water partition coefficient (Wildman–Crippen LogP) is 4.89. The molecule has 1 saturated heterocycles. The maximum absolute atomic E-state index is 13.0. The van der Waals surface area contributed by atoms with Crippen molar-refractivity contribution < 1.29 is 19.1 Å². The summed E-state index contributed by atoms with van der Waals surface area (Å²) in [5.74, 6) is -0.810. The van der Waals surface area contributed by atoms with Gasteiger partial charge in [-0.25, -0.2) is 9.69 Å². The summed E-state index contributed by atoms with van der Waals surface area (Å²) in [6, 6.07) is 20.8. The molecule has 1 aliphatic heterocycles. The molecule has 0 unspecified atom stereocenters. The van der Waals surface area contributed by atoms with E-state index in [1.165, 1.54) is 12.1 Å². The maximum Gasteiger partial charge on any atom is 0.335 e. The molecule has 0 bridgehead atoms. The number of rotatable bonds is 5. The van der Waals surface area contributed by atoms with Crippen molar-refractivity contribution in [3.05, 3.63) is 100 Å². The first-order valence-corrected chi connectivity index (χ1v) is 10.2. The minimum absolute atomic E-state index is 0.151. The van der Waals surface area contributed by atoms with Crippen LogP contribution in [0.15, 0.2) is 78.4 Å². The Morgan fingerprint density at radius 2 is 1.69 bits per heavy atom. The Hall–Kier alpha value is -3.90. The number of carbonyl (C=O) groups is 3. The second-order valence-electron chi connectivity index (χ2n) is 7.23. The number of hydrogen-bond donors (Lipinski definition) is 1. The van der Waals surface area contributed by atoms with Gasteiger partial charge in [-0.2, -0.15) is 0 Å².